The van der Waals surface area contributed by atoms with E-state index in [1.54, 1.807) is 0 Å². The van der Waals surface area contributed by atoms with Gasteiger partial charge in [-0.1, -0.05) is 20.8 Å². The SMILES string of the molecule is CC[C@H]1CN(C(=O)[C@@H](N)CC(C)C)C[C@H](C)O1. The first kappa shape index (κ1) is 14.5. The highest BCUT2D eigenvalue weighted by Crippen LogP contribution is 2.15. The van der Waals surface area contributed by atoms with Crippen LogP contribution in [0.4, 0.5) is 0 Å². The average molecular weight is 242 g/mol. The van der Waals surface area contributed by atoms with E-state index >= 15 is 0 Å². The van der Waals surface area contributed by atoms with Gasteiger partial charge in [0.2, 0.25) is 5.91 Å². The third kappa shape index (κ3) is 4.28. The Kier molecular flexibility index (Phi) is 5.40. The van der Waals surface area contributed by atoms with Crippen LogP contribution in [0.3, 0.4) is 0 Å². The third-order valence-corrected chi connectivity index (χ3v) is 3.14. The molecule has 1 rings (SSSR count). The van der Waals surface area contributed by atoms with Crippen LogP contribution < -0.4 is 5.73 Å². The van der Waals surface area contributed by atoms with Crippen molar-refractivity contribution >= 4 is 5.91 Å². The van der Waals surface area contributed by atoms with Crippen molar-refractivity contribution in [1.29, 1.82) is 0 Å². The summed E-state index contributed by atoms with van der Waals surface area (Å²) >= 11 is 0. The summed E-state index contributed by atoms with van der Waals surface area (Å²) in [6.07, 6.45) is 1.97. The summed E-state index contributed by atoms with van der Waals surface area (Å²) in [5.41, 5.74) is 5.95. The Bertz CT molecular complexity index is 256. The molecule has 17 heavy (non-hydrogen) atoms. The lowest BCUT2D eigenvalue weighted by molar-refractivity contribution is -0.146. The van der Waals surface area contributed by atoms with E-state index in [1.807, 2.05) is 11.8 Å². The van der Waals surface area contributed by atoms with Crippen molar-refractivity contribution in [2.24, 2.45) is 11.7 Å². The van der Waals surface area contributed by atoms with Crippen molar-refractivity contribution in [1.82, 2.24) is 4.90 Å². The predicted octanol–water partition coefficient (Wildman–Crippen LogP) is 1.39. The van der Waals surface area contributed by atoms with E-state index in [-0.39, 0.29) is 24.2 Å². The molecule has 0 aliphatic carbocycles. The third-order valence-electron chi connectivity index (χ3n) is 3.14. The number of carbonyl (C=O) groups excluding carboxylic acids is 1. The quantitative estimate of drug-likeness (QED) is 0.810. The molecular formula is C13H26N2O2. The van der Waals surface area contributed by atoms with Crippen LogP contribution in [0.1, 0.15) is 40.5 Å². The Hall–Kier alpha value is -0.610. The monoisotopic (exact) mass is 242 g/mol. The van der Waals surface area contributed by atoms with Crippen molar-refractivity contribution in [2.75, 3.05) is 13.1 Å². The predicted molar refractivity (Wildman–Crippen MR) is 68.6 cm³/mol. The fraction of sp³-hybridized carbons (Fsp3) is 0.923. The van der Waals surface area contributed by atoms with Crippen LogP contribution in [0.5, 0.6) is 0 Å². The zero-order valence-electron chi connectivity index (χ0n) is 11.5. The van der Waals surface area contributed by atoms with Gasteiger partial charge in [0.25, 0.3) is 0 Å². The molecule has 4 nitrogen and oxygen atoms in total. The molecule has 1 aliphatic rings. The second-order valence-electron chi connectivity index (χ2n) is 5.46. The molecule has 0 spiro atoms. The van der Waals surface area contributed by atoms with Crippen molar-refractivity contribution in [3.05, 3.63) is 0 Å². The lowest BCUT2D eigenvalue weighted by Crippen LogP contribution is -2.53. The summed E-state index contributed by atoms with van der Waals surface area (Å²) < 4.78 is 5.74. The highest BCUT2D eigenvalue weighted by atomic mass is 16.5. The number of rotatable bonds is 4. The second-order valence-corrected chi connectivity index (χ2v) is 5.46. The molecule has 0 aromatic carbocycles. The number of hydrogen-bond donors (Lipinski definition) is 1. The lowest BCUT2D eigenvalue weighted by atomic mass is 10.0. The normalized spacial score (nSPS) is 27.3. The largest absolute Gasteiger partial charge is 0.372 e. The van der Waals surface area contributed by atoms with Crippen LogP contribution in [0.2, 0.25) is 0 Å². The van der Waals surface area contributed by atoms with Crippen molar-refractivity contribution < 1.29 is 9.53 Å². The molecule has 1 saturated heterocycles. The van der Waals surface area contributed by atoms with Crippen LogP contribution >= 0.6 is 0 Å². The van der Waals surface area contributed by atoms with Crippen LogP contribution in [0.15, 0.2) is 0 Å². The van der Waals surface area contributed by atoms with Crippen molar-refractivity contribution in [2.45, 2.75) is 58.8 Å². The fourth-order valence-corrected chi connectivity index (χ4v) is 2.29. The highest BCUT2D eigenvalue weighted by Gasteiger charge is 2.30. The van der Waals surface area contributed by atoms with Crippen LogP contribution in [0.25, 0.3) is 0 Å². The first-order chi connectivity index (χ1) is 7.93. The maximum Gasteiger partial charge on any atom is 0.239 e. The molecule has 2 N–H and O–H groups in total. The van der Waals surface area contributed by atoms with Gasteiger partial charge in [-0.05, 0) is 25.7 Å². The molecule has 0 aromatic heterocycles. The molecule has 0 unspecified atom stereocenters. The minimum absolute atomic E-state index is 0.0762. The van der Waals surface area contributed by atoms with E-state index in [9.17, 15) is 4.79 Å². The van der Waals surface area contributed by atoms with Crippen molar-refractivity contribution in [3.8, 4) is 0 Å². The molecule has 1 aliphatic heterocycles. The Morgan fingerprint density at radius 3 is 2.65 bits per heavy atom. The van der Waals surface area contributed by atoms with Crippen LogP contribution in [-0.2, 0) is 9.53 Å². The van der Waals surface area contributed by atoms with Crippen LogP contribution in [0, 0.1) is 5.92 Å². The first-order valence-electron chi connectivity index (χ1n) is 6.63. The summed E-state index contributed by atoms with van der Waals surface area (Å²) in [6, 6.07) is -0.363. The van der Waals surface area contributed by atoms with E-state index in [0.29, 0.717) is 19.0 Å². The Morgan fingerprint density at radius 2 is 2.12 bits per heavy atom. The number of hydrogen-bond acceptors (Lipinski definition) is 3. The zero-order valence-corrected chi connectivity index (χ0v) is 11.5. The number of carbonyl (C=O) groups is 1. The molecule has 1 amide bonds. The second kappa shape index (κ2) is 6.36. The van der Waals surface area contributed by atoms with E-state index in [0.717, 1.165) is 12.8 Å². The van der Waals surface area contributed by atoms with E-state index < -0.39 is 0 Å². The number of amides is 1. The van der Waals surface area contributed by atoms with Gasteiger partial charge in [0, 0.05) is 13.1 Å². The van der Waals surface area contributed by atoms with E-state index in [4.69, 9.17) is 10.5 Å². The maximum atomic E-state index is 12.2. The van der Waals surface area contributed by atoms with Gasteiger partial charge < -0.3 is 15.4 Å². The number of ether oxygens (including phenoxy) is 1. The van der Waals surface area contributed by atoms with E-state index in [2.05, 4.69) is 20.8 Å². The van der Waals surface area contributed by atoms with Gasteiger partial charge in [-0.25, -0.2) is 0 Å². The minimum Gasteiger partial charge on any atom is -0.372 e. The van der Waals surface area contributed by atoms with Gasteiger partial charge in [0.15, 0.2) is 0 Å². The summed E-state index contributed by atoms with van der Waals surface area (Å²) in [5.74, 6) is 0.529. The van der Waals surface area contributed by atoms with Gasteiger partial charge >= 0.3 is 0 Å². The molecule has 1 heterocycles. The van der Waals surface area contributed by atoms with E-state index in [1.165, 1.54) is 0 Å². The number of morpholine rings is 1. The molecule has 0 saturated carbocycles. The minimum atomic E-state index is -0.363. The molecular weight excluding hydrogens is 216 g/mol. The standard InChI is InChI=1S/C13H26N2O2/c1-5-11-8-15(7-10(4)17-11)13(16)12(14)6-9(2)3/h9-12H,5-8,14H2,1-4H3/t10-,11-,12-/m0/s1. The summed E-state index contributed by atoms with van der Waals surface area (Å²) in [7, 11) is 0. The first-order valence-corrected chi connectivity index (χ1v) is 6.63. The van der Waals surface area contributed by atoms with Gasteiger partial charge in [-0.3, -0.25) is 4.79 Å². The fourth-order valence-electron chi connectivity index (χ4n) is 2.29. The summed E-state index contributed by atoms with van der Waals surface area (Å²) in [4.78, 5) is 14.1. The molecule has 100 valence electrons. The lowest BCUT2D eigenvalue weighted by Gasteiger charge is -2.37. The van der Waals surface area contributed by atoms with Crippen LogP contribution in [-0.4, -0.2) is 42.1 Å². The molecule has 3 atom stereocenters. The summed E-state index contributed by atoms with van der Waals surface area (Å²) in [6.45, 7) is 9.62. The average Bonchev–Trinajstić information content (AvgIpc) is 2.26. The smallest absolute Gasteiger partial charge is 0.239 e. The molecule has 0 bridgehead atoms. The maximum absolute atomic E-state index is 12.2. The zero-order chi connectivity index (χ0) is 13.0. The van der Waals surface area contributed by atoms with Crippen molar-refractivity contribution in [3.63, 3.8) is 0 Å². The molecule has 0 radical (unpaired) electrons. The molecule has 1 fully saturated rings. The van der Waals surface area contributed by atoms with Gasteiger partial charge in [0.1, 0.15) is 0 Å². The Labute approximate surface area is 104 Å². The Morgan fingerprint density at radius 1 is 1.47 bits per heavy atom. The van der Waals surface area contributed by atoms with Gasteiger partial charge in [-0.2, -0.15) is 0 Å². The van der Waals surface area contributed by atoms with Gasteiger partial charge in [0.05, 0.1) is 18.2 Å². The highest BCUT2D eigenvalue weighted by molar-refractivity contribution is 5.81. The number of nitrogens with zero attached hydrogens (tertiary/aromatic N) is 1. The molecule has 0 aromatic rings. The topological polar surface area (TPSA) is 55.6 Å². The summed E-state index contributed by atoms with van der Waals surface area (Å²) in [5, 5.41) is 0. The Balaban J connectivity index is 2.55. The molecule has 4 heteroatoms. The number of nitrogens with two attached hydrogens (primary N) is 1. The van der Waals surface area contributed by atoms with Gasteiger partial charge in [-0.15, -0.1) is 0 Å².